The predicted octanol–water partition coefficient (Wildman–Crippen LogP) is 6.08. The molecule has 1 N–H and O–H groups in total. The minimum absolute atomic E-state index is 0.404. The van der Waals surface area contributed by atoms with Crippen molar-refractivity contribution in [3.8, 4) is 11.3 Å². The molecule has 0 saturated carbocycles. The van der Waals surface area contributed by atoms with Crippen LogP contribution in [-0.2, 0) is 0 Å². The molecule has 0 radical (unpaired) electrons. The summed E-state index contributed by atoms with van der Waals surface area (Å²) in [5.41, 5.74) is 2.03. The van der Waals surface area contributed by atoms with Gasteiger partial charge in [0.15, 0.2) is 5.13 Å². The lowest BCUT2D eigenvalue weighted by atomic mass is 10.1. The van der Waals surface area contributed by atoms with Crippen molar-refractivity contribution >= 4 is 60.7 Å². The molecular weight excluding hydrogens is 424 g/mol. The second kappa shape index (κ2) is 6.63. The van der Waals surface area contributed by atoms with Gasteiger partial charge in [-0.3, -0.25) is 0 Å². The molecule has 4 rings (SSSR count). The van der Waals surface area contributed by atoms with Crippen molar-refractivity contribution in [3.63, 3.8) is 0 Å². The summed E-state index contributed by atoms with van der Waals surface area (Å²) in [4.78, 5) is 16.8. The number of hydrogen-bond acceptors (Lipinski definition) is 5. The van der Waals surface area contributed by atoms with Crippen LogP contribution in [0.3, 0.4) is 0 Å². The normalized spacial score (nSPS) is 11.0. The Morgan fingerprint density at radius 3 is 2.72 bits per heavy atom. The van der Waals surface area contributed by atoms with Crippen molar-refractivity contribution in [2.75, 3.05) is 5.32 Å². The summed E-state index contributed by atoms with van der Waals surface area (Å²) in [6.45, 7) is 0. The number of benzene rings is 2. The van der Waals surface area contributed by atoms with Gasteiger partial charge in [0.2, 0.25) is 0 Å². The van der Waals surface area contributed by atoms with Crippen LogP contribution >= 0.6 is 38.9 Å². The molecule has 0 bridgehead atoms. The number of rotatable bonds is 3. The van der Waals surface area contributed by atoms with Crippen molar-refractivity contribution in [3.05, 3.63) is 73.8 Å². The van der Waals surface area contributed by atoms with Crippen molar-refractivity contribution in [2.45, 2.75) is 0 Å². The Morgan fingerprint density at radius 2 is 1.92 bits per heavy atom. The highest BCUT2D eigenvalue weighted by Crippen LogP contribution is 2.28. The molecule has 0 aliphatic carbocycles. The second-order valence-corrected chi connectivity index (χ2v) is 7.51. The Labute approximate surface area is 160 Å². The van der Waals surface area contributed by atoms with E-state index < -0.39 is 5.63 Å². The minimum atomic E-state index is -0.404. The molecule has 0 unspecified atom stereocenters. The van der Waals surface area contributed by atoms with E-state index in [-0.39, 0.29) is 0 Å². The molecule has 2 heterocycles. The number of hydrogen-bond donors (Lipinski definition) is 1. The third kappa shape index (κ3) is 3.46. The van der Waals surface area contributed by atoms with Gasteiger partial charge >= 0.3 is 5.63 Å². The van der Waals surface area contributed by atoms with Crippen LogP contribution in [0.4, 0.5) is 10.8 Å². The van der Waals surface area contributed by atoms with E-state index in [1.165, 1.54) is 11.3 Å². The summed E-state index contributed by atoms with van der Waals surface area (Å²) in [5, 5.41) is 7.22. The first-order valence-corrected chi connectivity index (χ1v) is 9.35. The molecule has 4 nitrogen and oxygen atoms in total. The lowest BCUT2D eigenvalue weighted by Gasteiger charge is -2.02. The van der Waals surface area contributed by atoms with Gasteiger partial charge in [-0.15, -0.1) is 11.3 Å². The van der Waals surface area contributed by atoms with Gasteiger partial charge < -0.3 is 9.73 Å². The molecule has 7 heteroatoms. The van der Waals surface area contributed by atoms with E-state index in [1.807, 2.05) is 29.6 Å². The van der Waals surface area contributed by atoms with Gasteiger partial charge in [0.05, 0.1) is 11.3 Å². The molecular formula is C18H10BrClN2O2S. The van der Waals surface area contributed by atoms with Gasteiger partial charge in [-0.1, -0.05) is 27.5 Å². The Kier molecular flexibility index (Phi) is 4.33. The smallest absolute Gasteiger partial charge is 0.345 e. The van der Waals surface area contributed by atoms with E-state index in [0.717, 1.165) is 15.5 Å². The third-order valence-electron chi connectivity index (χ3n) is 3.57. The first kappa shape index (κ1) is 16.3. The summed E-state index contributed by atoms with van der Waals surface area (Å²) in [5.74, 6) is 0. The Bertz CT molecular complexity index is 1120. The lowest BCUT2D eigenvalue weighted by molar-refractivity contribution is 0.563. The van der Waals surface area contributed by atoms with E-state index in [1.54, 1.807) is 24.3 Å². The minimum Gasteiger partial charge on any atom is -0.422 e. The summed E-state index contributed by atoms with van der Waals surface area (Å²) in [7, 11) is 0. The summed E-state index contributed by atoms with van der Waals surface area (Å²) in [6.07, 6.45) is 0. The highest BCUT2D eigenvalue weighted by atomic mass is 79.9. The average Bonchev–Trinajstić information content (AvgIpc) is 3.05. The van der Waals surface area contributed by atoms with Crippen LogP contribution in [0.15, 0.2) is 67.6 Å². The zero-order valence-corrected chi connectivity index (χ0v) is 15.8. The molecule has 2 aromatic carbocycles. The van der Waals surface area contributed by atoms with Crippen LogP contribution in [-0.4, -0.2) is 4.98 Å². The van der Waals surface area contributed by atoms with E-state index in [2.05, 4.69) is 26.2 Å². The largest absolute Gasteiger partial charge is 0.422 e. The van der Waals surface area contributed by atoms with Gasteiger partial charge in [-0.2, -0.15) is 0 Å². The molecule has 0 aliphatic heterocycles. The number of fused-ring (bicyclic) bond motifs is 1. The second-order valence-electron chi connectivity index (χ2n) is 5.30. The van der Waals surface area contributed by atoms with Crippen LogP contribution in [0.1, 0.15) is 0 Å². The first-order valence-electron chi connectivity index (χ1n) is 7.30. The van der Waals surface area contributed by atoms with Gasteiger partial charge in [0.1, 0.15) is 5.58 Å². The number of thiazole rings is 1. The number of aromatic nitrogens is 1. The van der Waals surface area contributed by atoms with E-state index >= 15 is 0 Å². The Morgan fingerprint density at radius 1 is 1.12 bits per heavy atom. The van der Waals surface area contributed by atoms with Crippen LogP contribution in [0.25, 0.3) is 22.2 Å². The van der Waals surface area contributed by atoms with Gasteiger partial charge in [-0.05, 0) is 48.5 Å². The topological polar surface area (TPSA) is 55.1 Å². The number of nitrogens with one attached hydrogen (secondary N) is 1. The van der Waals surface area contributed by atoms with Crippen LogP contribution in [0.2, 0.25) is 5.02 Å². The highest BCUT2D eigenvalue weighted by Gasteiger charge is 2.12. The van der Waals surface area contributed by atoms with Crippen molar-refractivity contribution in [1.82, 2.24) is 4.98 Å². The lowest BCUT2D eigenvalue weighted by Crippen LogP contribution is -2.03. The zero-order chi connectivity index (χ0) is 17.4. The number of anilines is 2. The molecule has 25 heavy (non-hydrogen) atoms. The predicted molar refractivity (Wildman–Crippen MR) is 106 cm³/mol. The molecule has 124 valence electrons. The van der Waals surface area contributed by atoms with Crippen LogP contribution in [0, 0.1) is 0 Å². The molecule has 0 spiro atoms. The van der Waals surface area contributed by atoms with E-state index in [0.29, 0.717) is 27.0 Å². The molecule has 0 atom stereocenters. The van der Waals surface area contributed by atoms with Crippen LogP contribution in [0.5, 0.6) is 0 Å². The first-order chi connectivity index (χ1) is 12.1. The molecule has 4 aromatic rings. The Balaban J connectivity index is 1.69. The average molecular weight is 434 g/mol. The van der Waals surface area contributed by atoms with Gasteiger partial charge in [0, 0.05) is 25.9 Å². The highest BCUT2D eigenvalue weighted by molar-refractivity contribution is 9.10. The zero-order valence-electron chi connectivity index (χ0n) is 12.6. The summed E-state index contributed by atoms with van der Waals surface area (Å²) < 4.78 is 6.32. The molecule has 2 aromatic heterocycles. The maximum absolute atomic E-state index is 12.3. The number of halogens is 2. The maximum atomic E-state index is 12.3. The van der Waals surface area contributed by atoms with Crippen LogP contribution < -0.4 is 10.9 Å². The number of nitrogens with zero attached hydrogens (tertiary/aromatic N) is 1. The molecule has 0 saturated heterocycles. The SMILES string of the molecule is O=c1oc2ccc(Br)cc2cc1-c1csc(Nc2ccc(Cl)cc2)n1. The van der Waals surface area contributed by atoms with Gasteiger partial charge in [0.25, 0.3) is 0 Å². The van der Waals surface area contributed by atoms with Crippen molar-refractivity contribution in [2.24, 2.45) is 0 Å². The fraction of sp³-hybridized carbons (Fsp3) is 0. The van der Waals surface area contributed by atoms with E-state index in [4.69, 9.17) is 16.0 Å². The molecule has 0 amide bonds. The quantitative estimate of drug-likeness (QED) is 0.398. The van der Waals surface area contributed by atoms with E-state index in [9.17, 15) is 4.79 Å². The van der Waals surface area contributed by atoms with Gasteiger partial charge in [-0.25, -0.2) is 9.78 Å². The maximum Gasteiger partial charge on any atom is 0.345 e. The fourth-order valence-electron chi connectivity index (χ4n) is 2.38. The van der Waals surface area contributed by atoms with Crippen molar-refractivity contribution < 1.29 is 4.42 Å². The third-order valence-corrected chi connectivity index (χ3v) is 5.07. The fourth-order valence-corrected chi connectivity index (χ4v) is 3.62. The summed E-state index contributed by atoms with van der Waals surface area (Å²) >= 11 is 10.7. The Hall–Kier alpha value is -2.15. The van der Waals surface area contributed by atoms with Crippen molar-refractivity contribution in [1.29, 1.82) is 0 Å². The summed E-state index contributed by atoms with van der Waals surface area (Å²) in [6, 6.07) is 14.6. The monoisotopic (exact) mass is 432 g/mol. The standard InChI is InChI=1S/C18H10BrClN2O2S/c19-11-1-6-16-10(7-11)8-14(17(23)24-16)15-9-25-18(22-15)21-13-4-2-12(20)3-5-13/h1-9H,(H,21,22). The molecule has 0 aliphatic rings. The molecule has 0 fully saturated rings.